The Morgan fingerprint density at radius 2 is 1.75 bits per heavy atom. The lowest BCUT2D eigenvalue weighted by atomic mass is 10.1. The molecule has 0 bridgehead atoms. The van der Waals surface area contributed by atoms with Gasteiger partial charge in [0.15, 0.2) is 5.82 Å². The maximum atomic E-state index is 13.9. The Morgan fingerprint density at radius 1 is 1.00 bits per heavy atom. The van der Waals surface area contributed by atoms with Crippen molar-refractivity contribution >= 4 is 0 Å². The lowest BCUT2D eigenvalue weighted by molar-refractivity contribution is 0.290. The van der Waals surface area contributed by atoms with Crippen LogP contribution in [0.1, 0.15) is 47.8 Å². The maximum absolute atomic E-state index is 13.9. The number of halogens is 2. The zero-order valence-electron chi connectivity index (χ0n) is 20.7. The zero-order chi connectivity index (χ0) is 26.1. The third kappa shape index (κ3) is 4.68. The van der Waals surface area contributed by atoms with Crippen LogP contribution in [0.5, 0.6) is 5.75 Å². The molecule has 0 aromatic carbocycles. The van der Waals surface area contributed by atoms with Crippen molar-refractivity contribution in [2.75, 3.05) is 0 Å². The molecule has 0 atom stereocenters. The second-order valence-electron chi connectivity index (χ2n) is 8.91. The Bertz CT molecular complexity index is 1570. The van der Waals surface area contributed by atoms with Crippen LogP contribution in [-0.4, -0.2) is 19.1 Å². The van der Waals surface area contributed by atoms with E-state index in [0.29, 0.717) is 28.3 Å². The Labute approximate surface area is 206 Å². The molecule has 0 aliphatic carbocycles. The van der Waals surface area contributed by atoms with Crippen LogP contribution in [0.4, 0.5) is 8.78 Å². The third-order valence-corrected chi connectivity index (χ3v) is 5.98. The van der Waals surface area contributed by atoms with Crippen LogP contribution in [0, 0.1) is 32.4 Å². The van der Waals surface area contributed by atoms with Gasteiger partial charge in [-0.2, -0.15) is 0 Å². The fraction of sp³-hybridized carbons (Fsp3) is 0.259. The maximum Gasteiger partial charge on any atom is 0.261 e. The van der Waals surface area contributed by atoms with Gasteiger partial charge < -0.3 is 4.74 Å². The number of aryl methyl sites for hydroxylation is 2. The van der Waals surface area contributed by atoms with Gasteiger partial charge in [-0.3, -0.25) is 23.7 Å². The molecule has 4 rings (SSSR count). The highest BCUT2D eigenvalue weighted by Crippen LogP contribution is 2.23. The summed E-state index contributed by atoms with van der Waals surface area (Å²) in [5.41, 5.74) is 2.28. The summed E-state index contributed by atoms with van der Waals surface area (Å²) in [5.74, 6) is -0.892. The van der Waals surface area contributed by atoms with Gasteiger partial charge in [0, 0.05) is 41.9 Å². The molecule has 0 N–H and O–H groups in total. The summed E-state index contributed by atoms with van der Waals surface area (Å²) in [5, 5.41) is 0. The highest BCUT2D eigenvalue weighted by molar-refractivity contribution is 5.48. The molecule has 4 heterocycles. The summed E-state index contributed by atoms with van der Waals surface area (Å²) in [4.78, 5) is 34.5. The number of rotatable bonds is 6. The van der Waals surface area contributed by atoms with Crippen LogP contribution in [0.3, 0.4) is 0 Å². The Hall–Kier alpha value is -4.14. The van der Waals surface area contributed by atoms with Crippen LogP contribution < -0.4 is 15.9 Å². The van der Waals surface area contributed by atoms with Gasteiger partial charge in [0.2, 0.25) is 0 Å². The number of hydrogen-bond donors (Lipinski definition) is 0. The Morgan fingerprint density at radius 3 is 2.44 bits per heavy atom. The van der Waals surface area contributed by atoms with Crippen molar-refractivity contribution < 1.29 is 13.5 Å². The molecular formula is C27H26F2N4O3. The van der Waals surface area contributed by atoms with Crippen LogP contribution >= 0.6 is 0 Å². The summed E-state index contributed by atoms with van der Waals surface area (Å²) in [6.07, 6.45) is 4.17. The normalized spacial score (nSPS) is 11.2. The monoisotopic (exact) mass is 492 g/mol. The minimum Gasteiger partial charge on any atom is -0.487 e. The first kappa shape index (κ1) is 25.0. The number of pyridine rings is 4. The van der Waals surface area contributed by atoms with Crippen LogP contribution in [0.15, 0.2) is 58.5 Å². The first-order valence-electron chi connectivity index (χ1n) is 11.4. The number of hydrogen-bond acceptors (Lipinski definition) is 5. The summed E-state index contributed by atoms with van der Waals surface area (Å²) in [6, 6.07) is 7.69. The van der Waals surface area contributed by atoms with E-state index in [1.54, 1.807) is 50.5 Å². The fourth-order valence-corrected chi connectivity index (χ4v) is 3.95. The molecule has 4 aromatic rings. The van der Waals surface area contributed by atoms with Crippen molar-refractivity contribution in [1.82, 2.24) is 19.1 Å². The van der Waals surface area contributed by atoms with E-state index >= 15 is 0 Å². The summed E-state index contributed by atoms with van der Waals surface area (Å²) in [7, 11) is 0. The van der Waals surface area contributed by atoms with Gasteiger partial charge in [-0.15, -0.1) is 0 Å². The number of ether oxygens (including phenoxy) is 1. The first-order chi connectivity index (χ1) is 17.1. The van der Waals surface area contributed by atoms with Gasteiger partial charge in [-0.25, -0.2) is 13.8 Å². The van der Waals surface area contributed by atoms with E-state index in [2.05, 4.69) is 9.97 Å². The van der Waals surface area contributed by atoms with E-state index in [9.17, 15) is 18.4 Å². The lowest BCUT2D eigenvalue weighted by Gasteiger charge is -2.18. The smallest absolute Gasteiger partial charge is 0.261 e. The zero-order valence-corrected chi connectivity index (χ0v) is 20.7. The standard InChI is InChI=1S/C27H26F2N4O3/c1-15(2)20-7-6-8-32(27(20)35)25-11-23(16(3)12-31-25)33-17(4)9-24(18(5)26(33)34)36-14-22-21(29)10-19(28)13-30-22/h6-13,15H,14H2,1-5H3. The molecule has 36 heavy (non-hydrogen) atoms. The molecule has 4 aromatic heterocycles. The van der Waals surface area contributed by atoms with Crippen molar-refractivity contribution in [1.29, 1.82) is 0 Å². The van der Waals surface area contributed by atoms with Gasteiger partial charge >= 0.3 is 0 Å². The van der Waals surface area contributed by atoms with Gasteiger partial charge in [0.05, 0.1) is 17.4 Å². The second-order valence-corrected chi connectivity index (χ2v) is 8.91. The number of nitrogens with zero attached hydrogens (tertiary/aromatic N) is 4. The van der Waals surface area contributed by atoms with Crippen LogP contribution in [-0.2, 0) is 6.61 Å². The summed E-state index contributed by atoms with van der Waals surface area (Å²) < 4.78 is 35.7. The molecule has 0 radical (unpaired) electrons. The van der Waals surface area contributed by atoms with E-state index < -0.39 is 11.6 Å². The highest BCUT2D eigenvalue weighted by Gasteiger charge is 2.17. The van der Waals surface area contributed by atoms with Crippen molar-refractivity contribution in [2.45, 2.75) is 47.1 Å². The lowest BCUT2D eigenvalue weighted by Crippen LogP contribution is -2.26. The Balaban J connectivity index is 1.75. The fourth-order valence-electron chi connectivity index (χ4n) is 3.95. The molecule has 9 heteroatoms. The van der Waals surface area contributed by atoms with E-state index in [1.165, 1.54) is 9.13 Å². The Kier molecular flexibility index (Phi) is 6.83. The number of aromatic nitrogens is 4. The van der Waals surface area contributed by atoms with Gasteiger partial charge in [0.25, 0.3) is 11.1 Å². The van der Waals surface area contributed by atoms with Crippen molar-refractivity contribution in [3.8, 4) is 17.3 Å². The second kappa shape index (κ2) is 9.85. The largest absolute Gasteiger partial charge is 0.487 e. The van der Waals surface area contributed by atoms with Gasteiger partial charge in [-0.1, -0.05) is 19.9 Å². The topological polar surface area (TPSA) is 79.0 Å². The molecule has 0 saturated carbocycles. The van der Waals surface area contributed by atoms with E-state index in [1.807, 2.05) is 20.8 Å². The van der Waals surface area contributed by atoms with Crippen molar-refractivity contribution in [2.24, 2.45) is 0 Å². The minimum absolute atomic E-state index is 0.0495. The van der Waals surface area contributed by atoms with Crippen LogP contribution in [0.2, 0.25) is 0 Å². The molecule has 0 fully saturated rings. The average Bonchev–Trinajstić information content (AvgIpc) is 2.82. The van der Waals surface area contributed by atoms with Crippen LogP contribution in [0.25, 0.3) is 11.5 Å². The molecule has 0 aliphatic heterocycles. The van der Waals surface area contributed by atoms with E-state index in [0.717, 1.165) is 17.8 Å². The molecule has 0 amide bonds. The first-order valence-corrected chi connectivity index (χ1v) is 11.4. The predicted molar refractivity (Wildman–Crippen MR) is 132 cm³/mol. The van der Waals surface area contributed by atoms with E-state index in [4.69, 9.17) is 4.74 Å². The summed E-state index contributed by atoms with van der Waals surface area (Å²) in [6.45, 7) is 8.82. The average molecular weight is 493 g/mol. The molecule has 0 spiro atoms. The SMILES string of the molecule is Cc1cnc(-n2cccc(C(C)C)c2=O)cc1-n1c(C)cc(OCc2ncc(F)cc2F)c(C)c1=O. The molecule has 0 aliphatic rings. The van der Waals surface area contributed by atoms with Gasteiger partial charge in [-0.05, 0) is 38.3 Å². The van der Waals surface area contributed by atoms with E-state index in [-0.39, 0.29) is 35.1 Å². The molecule has 7 nitrogen and oxygen atoms in total. The highest BCUT2D eigenvalue weighted by atomic mass is 19.1. The third-order valence-electron chi connectivity index (χ3n) is 5.98. The molecule has 0 unspecified atom stereocenters. The quantitative estimate of drug-likeness (QED) is 0.390. The van der Waals surface area contributed by atoms with Crippen molar-refractivity contribution in [3.63, 3.8) is 0 Å². The van der Waals surface area contributed by atoms with Crippen molar-refractivity contribution in [3.05, 3.63) is 109 Å². The van der Waals surface area contributed by atoms with Gasteiger partial charge in [0.1, 0.15) is 29.7 Å². The molecular weight excluding hydrogens is 466 g/mol. The molecule has 186 valence electrons. The predicted octanol–water partition coefficient (Wildman–Crippen LogP) is 4.68. The minimum atomic E-state index is -0.825. The summed E-state index contributed by atoms with van der Waals surface area (Å²) >= 11 is 0. The molecule has 0 saturated heterocycles.